The first-order chi connectivity index (χ1) is 12.7. The minimum absolute atomic E-state index is 0.00425. The van der Waals surface area contributed by atoms with Crippen molar-refractivity contribution < 1.29 is 18.3 Å². The molecule has 26 heavy (non-hydrogen) atoms. The van der Waals surface area contributed by atoms with Crippen LogP contribution in [0.1, 0.15) is 78.1 Å². The molecule has 1 fully saturated rings. The van der Waals surface area contributed by atoms with Crippen molar-refractivity contribution in [1.82, 2.24) is 0 Å². The smallest absolute Gasteiger partial charge is 0.204 e. The molecule has 0 spiro atoms. The van der Waals surface area contributed by atoms with Crippen molar-refractivity contribution >= 4 is 0 Å². The van der Waals surface area contributed by atoms with Gasteiger partial charge in [-0.15, -0.1) is 0 Å². The second-order valence-corrected chi connectivity index (χ2v) is 7.59. The highest BCUT2D eigenvalue weighted by molar-refractivity contribution is 5.35. The van der Waals surface area contributed by atoms with Gasteiger partial charge in [-0.25, -0.2) is 0 Å². The van der Waals surface area contributed by atoms with Gasteiger partial charge >= 0.3 is 0 Å². The number of unbranched alkanes of at least 4 members (excludes halogenated alkanes) is 3. The molecule has 0 bridgehead atoms. The summed E-state index contributed by atoms with van der Waals surface area (Å²) < 4.78 is 39.1. The minimum Gasteiger partial charge on any atom is -0.490 e. The fourth-order valence-corrected chi connectivity index (χ4v) is 3.64. The molecule has 0 saturated heterocycles. The third-order valence-electron chi connectivity index (χ3n) is 5.42. The van der Waals surface area contributed by atoms with E-state index in [1.165, 1.54) is 50.7 Å². The summed E-state index contributed by atoms with van der Waals surface area (Å²) in [5, 5.41) is 0. The molecule has 0 radical (unpaired) electrons. The summed E-state index contributed by atoms with van der Waals surface area (Å²) in [6.45, 7) is 5.12. The average Bonchev–Trinajstić information content (AvgIpc) is 2.66. The molecule has 0 amide bonds. The van der Waals surface area contributed by atoms with Gasteiger partial charge in [-0.3, -0.25) is 0 Å². The van der Waals surface area contributed by atoms with Gasteiger partial charge in [-0.2, -0.15) is 8.78 Å². The lowest BCUT2D eigenvalue weighted by molar-refractivity contribution is 0.172. The van der Waals surface area contributed by atoms with Crippen LogP contribution < -0.4 is 9.47 Å². The topological polar surface area (TPSA) is 18.5 Å². The summed E-state index contributed by atoms with van der Waals surface area (Å²) in [5.74, 6) is -0.635. The average molecular weight is 369 g/mol. The van der Waals surface area contributed by atoms with Crippen LogP contribution in [0.5, 0.6) is 11.5 Å². The number of ether oxygens (including phenoxy) is 2. The zero-order valence-corrected chi connectivity index (χ0v) is 16.4. The molecule has 1 aliphatic carbocycles. The fraction of sp³-hybridized carbons (Fsp3) is 0.727. The van der Waals surface area contributed by atoms with Crippen LogP contribution in [0.15, 0.2) is 12.1 Å². The zero-order chi connectivity index (χ0) is 18.8. The molecule has 0 heterocycles. The Balaban J connectivity index is 1.76. The van der Waals surface area contributed by atoms with E-state index in [2.05, 4.69) is 6.92 Å². The molecule has 0 unspecified atom stereocenters. The molecule has 0 atom stereocenters. The first-order valence-electron chi connectivity index (χ1n) is 10.4. The lowest BCUT2D eigenvalue weighted by atomic mass is 9.80. The predicted octanol–water partition coefficient (Wildman–Crippen LogP) is 6.91. The summed E-state index contributed by atoms with van der Waals surface area (Å²) in [6.07, 6.45) is 11.8. The van der Waals surface area contributed by atoms with Gasteiger partial charge in [-0.05, 0) is 43.2 Å². The van der Waals surface area contributed by atoms with Crippen LogP contribution in [-0.2, 0) is 0 Å². The maximum absolute atomic E-state index is 14.2. The van der Waals surface area contributed by atoms with E-state index in [4.69, 9.17) is 9.47 Å². The molecule has 1 aliphatic rings. The minimum atomic E-state index is -0.946. The molecule has 1 aromatic rings. The zero-order valence-electron chi connectivity index (χ0n) is 16.4. The Morgan fingerprint density at radius 3 is 2.00 bits per heavy atom. The SMILES string of the molecule is CCCCC[C@H]1CC[C@H](COc2ccc(OCCCC)c(F)c2F)CC1. The van der Waals surface area contributed by atoms with Gasteiger partial charge in [0.15, 0.2) is 11.5 Å². The fourth-order valence-electron chi connectivity index (χ4n) is 3.64. The molecule has 1 saturated carbocycles. The molecule has 148 valence electrons. The Hall–Kier alpha value is -1.32. The Labute approximate surface area is 157 Å². The maximum atomic E-state index is 14.2. The highest BCUT2D eigenvalue weighted by Gasteiger charge is 2.22. The van der Waals surface area contributed by atoms with Crippen LogP contribution in [-0.4, -0.2) is 13.2 Å². The van der Waals surface area contributed by atoms with Crippen LogP contribution in [0.4, 0.5) is 8.78 Å². The summed E-state index contributed by atoms with van der Waals surface area (Å²) in [4.78, 5) is 0. The van der Waals surface area contributed by atoms with E-state index in [0.29, 0.717) is 19.1 Å². The molecular formula is C22H34F2O2. The van der Waals surface area contributed by atoms with E-state index in [-0.39, 0.29) is 11.5 Å². The molecule has 2 rings (SSSR count). The van der Waals surface area contributed by atoms with Crippen molar-refractivity contribution in [3.8, 4) is 11.5 Å². The van der Waals surface area contributed by atoms with E-state index in [9.17, 15) is 8.78 Å². The third-order valence-corrected chi connectivity index (χ3v) is 5.42. The van der Waals surface area contributed by atoms with E-state index in [1.54, 1.807) is 0 Å². The largest absolute Gasteiger partial charge is 0.490 e. The molecule has 1 aromatic carbocycles. The van der Waals surface area contributed by atoms with Crippen LogP contribution in [0.2, 0.25) is 0 Å². The van der Waals surface area contributed by atoms with Gasteiger partial charge in [0.25, 0.3) is 0 Å². The Morgan fingerprint density at radius 2 is 1.38 bits per heavy atom. The van der Waals surface area contributed by atoms with Gasteiger partial charge in [0.05, 0.1) is 13.2 Å². The van der Waals surface area contributed by atoms with Crippen LogP contribution in [0.3, 0.4) is 0 Å². The highest BCUT2D eigenvalue weighted by atomic mass is 19.2. The van der Waals surface area contributed by atoms with Gasteiger partial charge in [0, 0.05) is 0 Å². The highest BCUT2D eigenvalue weighted by Crippen LogP contribution is 2.33. The van der Waals surface area contributed by atoms with E-state index >= 15 is 0 Å². The molecule has 0 aromatic heterocycles. The van der Waals surface area contributed by atoms with E-state index < -0.39 is 11.6 Å². The summed E-state index contributed by atoms with van der Waals surface area (Å²) in [6, 6.07) is 2.95. The molecule has 2 nitrogen and oxygen atoms in total. The lowest BCUT2D eigenvalue weighted by Crippen LogP contribution is -2.20. The molecule has 0 aliphatic heterocycles. The van der Waals surface area contributed by atoms with E-state index in [0.717, 1.165) is 31.6 Å². The maximum Gasteiger partial charge on any atom is 0.204 e. The lowest BCUT2D eigenvalue weighted by Gasteiger charge is -2.28. The van der Waals surface area contributed by atoms with Gasteiger partial charge < -0.3 is 9.47 Å². The van der Waals surface area contributed by atoms with Crippen LogP contribution >= 0.6 is 0 Å². The van der Waals surface area contributed by atoms with Crippen LogP contribution in [0.25, 0.3) is 0 Å². The first kappa shape index (κ1) is 21.0. The monoisotopic (exact) mass is 368 g/mol. The second-order valence-electron chi connectivity index (χ2n) is 7.59. The number of halogens is 2. The van der Waals surface area contributed by atoms with Gasteiger partial charge in [-0.1, -0.05) is 58.8 Å². The second kappa shape index (κ2) is 11.4. The van der Waals surface area contributed by atoms with Crippen molar-refractivity contribution in [3.63, 3.8) is 0 Å². The standard InChI is InChI=1S/C22H34F2O2/c1-3-5-7-8-17-9-11-18(12-10-17)16-26-20-14-13-19(21(23)22(20)24)25-15-6-4-2/h13-14,17-18H,3-12,15-16H2,1-2H3/t17-,18-. The van der Waals surface area contributed by atoms with Crippen molar-refractivity contribution in [2.24, 2.45) is 11.8 Å². The molecule has 0 N–H and O–H groups in total. The molecule has 4 heteroatoms. The van der Waals surface area contributed by atoms with Crippen molar-refractivity contribution in [3.05, 3.63) is 23.8 Å². The van der Waals surface area contributed by atoms with Gasteiger partial charge in [0.2, 0.25) is 11.6 Å². The number of benzene rings is 1. The van der Waals surface area contributed by atoms with E-state index in [1.807, 2.05) is 6.92 Å². The predicted molar refractivity (Wildman–Crippen MR) is 102 cm³/mol. The molecular weight excluding hydrogens is 334 g/mol. The quantitative estimate of drug-likeness (QED) is 0.395. The van der Waals surface area contributed by atoms with Crippen molar-refractivity contribution in [2.75, 3.05) is 13.2 Å². The Kier molecular flexibility index (Phi) is 9.21. The Morgan fingerprint density at radius 1 is 0.808 bits per heavy atom. The summed E-state index contributed by atoms with van der Waals surface area (Å²) in [7, 11) is 0. The number of rotatable bonds is 11. The van der Waals surface area contributed by atoms with Crippen molar-refractivity contribution in [1.29, 1.82) is 0 Å². The third kappa shape index (κ3) is 6.44. The van der Waals surface area contributed by atoms with Crippen LogP contribution in [0, 0.1) is 23.5 Å². The van der Waals surface area contributed by atoms with Crippen molar-refractivity contribution in [2.45, 2.75) is 78.1 Å². The summed E-state index contributed by atoms with van der Waals surface area (Å²) >= 11 is 0. The van der Waals surface area contributed by atoms with Gasteiger partial charge in [0.1, 0.15) is 0 Å². The number of hydrogen-bond donors (Lipinski definition) is 0. The normalized spacial score (nSPS) is 20.2. The number of hydrogen-bond acceptors (Lipinski definition) is 2. The first-order valence-corrected chi connectivity index (χ1v) is 10.4. The Bertz CT molecular complexity index is 525. The summed E-state index contributed by atoms with van der Waals surface area (Å²) in [5.41, 5.74) is 0.